The highest BCUT2D eigenvalue weighted by molar-refractivity contribution is 5.93. The number of nitrogens with zero attached hydrogens (tertiary/aromatic N) is 1. The van der Waals surface area contributed by atoms with E-state index in [1.54, 1.807) is 0 Å². The summed E-state index contributed by atoms with van der Waals surface area (Å²) in [5.74, 6) is -0.978. The first-order chi connectivity index (χ1) is 13.0. The van der Waals surface area contributed by atoms with Gasteiger partial charge in [-0.25, -0.2) is 0 Å². The molecule has 1 aromatic carbocycles. The third-order valence-corrected chi connectivity index (χ3v) is 4.63. The van der Waals surface area contributed by atoms with Crippen LogP contribution in [0.2, 0.25) is 0 Å². The van der Waals surface area contributed by atoms with Crippen LogP contribution in [0.15, 0.2) is 18.2 Å². The predicted octanol–water partition coefficient (Wildman–Crippen LogP) is 1.64. The quantitative estimate of drug-likeness (QED) is 0.675. The van der Waals surface area contributed by atoms with E-state index in [-0.39, 0.29) is 24.8 Å². The van der Waals surface area contributed by atoms with Crippen molar-refractivity contribution < 1.29 is 19.1 Å². The fourth-order valence-corrected chi connectivity index (χ4v) is 3.19. The van der Waals surface area contributed by atoms with Crippen molar-refractivity contribution in [3.05, 3.63) is 29.3 Å². The molecule has 148 valence electrons. The number of hydrogen-bond donors (Lipinski definition) is 2. The highest BCUT2D eigenvalue weighted by atomic mass is 16.5. The van der Waals surface area contributed by atoms with Gasteiger partial charge in [-0.15, -0.1) is 0 Å². The Kier molecular flexibility index (Phi) is 7.64. The summed E-state index contributed by atoms with van der Waals surface area (Å²) in [5.41, 5.74) is 3.16. The third-order valence-electron chi connectivity index (χ3n) is 4.63. The zero-order valence-corrected chi connectivity index (χ0v) is 16.3. The lowest BCUT2D eigenvalue weighted by atomic mass is 10.1. The number of hydrogen-bond acceptors (Lipinski definition) is 5. The van der Waals surface area contributed by atoms with Gasteiger partial charge in [0.05, 0.1) is 19.6 Å². The maximum Gasteiger partial charge on any atom is 0.308 e. The molecule has 27 heavy (non-hydrogen) atoms. The molecule has 1 aliphatic rings. The van der Waals surface area contributed by atoms with E-state index < -0.39 is 12.0 Å². The number of para-hydroxylation sites is 1. The van der Waals surface area contributed by atoms with Crippen molar-refractivity contribution in [2.45, 2.75) is 46.1 Å². The number of rotatable bonds is 8. The summed E-state index contributed by atoms with van der Waals surface area (Å²) in [7, 11) is 0. The van der Waals surface area contributed by atoms with Crippen LogP contribution in [0.25, 0.3) is 0 Å². The van der Waals surface area contributed by atoms with Gasteiger partial charge < -0.3 is 20.3 Å². The molecule has 0 spiro atoms. The fraction of sp³-hybridized carbons (Fsp3) is 0.550. The summed E-state index contributed by atoms with van der Waals surface area (Å²) >= 11 is 0. The molecule has 0 bridgehead atoms. The molecule has 0 radical (unpaired) electrons. The maximum absolute atomic E-state index is 12.8. The van der Waals surface area contributed by atoms with Crippen LogP contribution in [0, 0.1) is 6.92 Å². The molecule has 1 aliphatic heterocycles. The second kappa shape index (κ2) is 9.94. The second-order valence-electron chi connectivity index (χ2n) is 6.63. The first-order valence-electron chi connectivity index (χ1n) is 9.53. The number of esters is 1. The van der Waals surface area contributed by atoms with Crippen molar-refractivity contribution in [1.82, 2.24) is 10.2 Å². The summed E-state index contributed by atoms with van der Waals surface area (Å²) < 4.78 is 5.07. The van der Waals surface area contributed by atoms with E-state index in [2.05, 4.69) is 17.6 Å². The first kappa shape index (κ1) is 20.7. The van der Waals surface area contributed by atoms with Gasteiger partial charge in [0.2, 0.25) is 11.8 Å². The lowest BCUT2D eigenvalue weighted by Gasteiger charge is -2.34. The smallest absolute Gasteiger partial charge is 0.308 e. The molecule has 0 saturated carbocycles. The average Bonchev–Trinajstić information content (AvgIpc) is 2.66. The number of piperazine rings is 1. The van der Waals surface area contributed by atoms with Crippen LogP contribution < -0.4 is 10.6 Å². The molecule has 7 nitrogen and oxygen atoms in total. The number of nitrogens with one attached hydrogen (secondary N) is 2. The molecule has 1 unspecified atom stereocenters. The molecule has 1 fully saturated rings. The van der Waals surface area contributed by atoms with Crippen LogP contribution in [0.4, 0.5) is 5.69 Å². The minimum atomic E-state index is -0.820. The Hall–Kier alpha value is -2.57. The van der Waals surface area contributed by atoms with Crippen LogP contribution in [-0.2, 0) is 25.5 Å². The van der Waals surface area contributed by atoms with Crippen LogP contribution in [-0.4, -0.2) is 55.0 Å². The number of carbonyl (C=O) groups excluding carboxylic acids is 3. The van der Waals surface area contributed by atoms with Gasteiger partial charge >= 0.3 is 5.97 Å². The minimum absolute atomic E-state index is 0.0750. The summed E-state index contributed by atoms with van der Waals surface area (Å²) in [5, 5.41) is 5.93. The highest BCUT2D eigenvalue weighted by Crippen LogP contribution is 2.21. The zero-order valence-electron chi connectivity index (χ0n) is 16.3. The molecule has 2 amide bonds. The van der Waals surface area contributed by atoms with Gasteiger partial charge in [-0.2, -0.15) is 0 Å². The number of benzene rings is 1. The number of carbonyl (C=O) groups is 3. The molecule has 1 aromatic rings. The van der Waals surface area contributed by atoms with Crippen molar-refractivity contribution in [3.63, 3.8) is 0 Å². The predicted molar refractivity (Wildman–Crippen MR) is 103 cm³/mol. The van der Waals surface area contributed by atoms with Crippen molar-refractivity contribution in [3.8, 4) is 0 Å². The van der Waals surface area contributed by atoms with Crippen molar-refractivity contribution >= 4 is 23.5 Å². The van der Waals surface area contributed by atoms with E-state index in [1.165, 1.54) is 4.90 Å². The van der Waals surface area contributed by atoms with E-state index in [0.717, 1.165) is 23.2 Å². The SMILES string of the molecule is CCCOC(=O)CC1C(=O)NCCN1C(=O)CNc1c(C)cccc1CC. The summed E-state index contributed by atoms with van der Waals surface area (Å²) in [6, 6.07) is 5.20. The number of anilines is 1. The van der Waals surface area contributed by atoms with Crippen LogP contribution in [0.5, 0.6) is 0 Å². The lowest BCUT2D eigenvalue weighted by Crippen LogP contribution is -2.58. The molecule has 7 heteroatoms. The molecule has 0 aromatic heterocycles. The van der Waals surface area contributed by atoms with Gasteiger partial charge in [-0.3, -0.25) is 14.4 Å². The Morgan fingerprint density at radius 2 is 2.11 bits per heavy atom. The maximum atomic E-state index is 12.8. The van der Waals surface area contributed by atoms with Gasteiger partial charge in [0, 0.05) is 18.8 Å². The Labute approximate surface area is 160 Å². The average molecular weight is 375 g/mol. The number of amides is 2. The largest absolute Gasteiger partial charge is 0.466 e. The van der Waals surface area contributed by atoms with Crippen LogP contribution in [0.3, 0.4) is 0 Å². The second-order valence-corrected chi connectivity index (χ2v) is 6.63. The third kappa shape index (κ3) is 5.45. The number of aryl methyl sites for hydroxylation is 2. The fourth-order valence-electron chi connectivity index (χ4n) is 3.19. The Bertz CT molecular complexity index is 690. The van der Waals surface area contributed by atoms with Gasteiger partial charge in [0.15, 0.2) is 0 Å². The lowest BCUT2D eigenvalue weighted by molar-refractivity contribution is -0.151. The molecule has 2 N–H and O–H groups in total. The standard InChI is InChI=1S/C20H29N3O4/c1-4-11-27-18(25)12-16-20(26)21-9-10-23(16)17(24)13-22-19-14(3)7-6-8-15(19)5-2/h6-8,16,22H,4-5,9-13H2,1-3H3,(H,21,26). The van der Waals surface area contributed by atoms with Gasteiger partial charge in [-0.1, -0.05) is 32.0 Å². The van der Waals surface area contributed by atoms with Crippen molar-refractivity contribution in [2.75, 3.05) is 31.6 Å². The molecular formula is C20H29N3O4. The summed E-state index contributed by atoms with van der Waals surface area (Å²) in [4.78, 5) is 38.4. The normalized spacial score (nSPS) is 16.6. The van der Waals surface area contributed by atoms with E-state index in [9.17, 15) is 14.4 Å². The highest BCUT2D eigenvalue weighted by Gasteiger charge is 2.35. The van der Waals surface area contributed by atoms with E-state index in [4.69, 9.17) is 4.74 Å². The van der Waals surface area contributed by atoms with Crippen molar-refractivity contribution in [2.24, 2.45) is 0 Å². The molecule has 1 heterocycles. The topological polar surface area (TPSA) is 87.7 Å². The molecule has 1 atom stereocenters. The van der Waals surface area contributed by atoms with Gasteiger partial charge in [0.1, 0.15) is 6.04 Å². The van der Waals surface area contributed by atoms with Gasteiger partial charge in [0.25, 0.3) is 0 Å². The Morgan fingerprint density at radius 3 is 2.81 bits per heavy atom. The van der Waals surface area contributed by atoms with E-state index >= 15 is 0 Å². The Morgan fingerprint density at radius 1 is 1.33 bits per heavy atom. The minimum Gasteiger partial charge on any atom is -0.466 e. The summed E-state index contributed by atoms with van der Waals surface area (Å²) in [6.07, 6.45) is 1.45. The summed E-state index contributed by atoms with van der Waals surface area (Å²) in [6.45, 7) is 7.11. The van der Waals surface area contributed by atoms with Crippen molar-refractivity contribution in [1.29, 1.82) is 0 Å². The first-order valence-corrected chi connectivity index (χ1v) is 9.53. The van der Waals surface area contributed by atoms with Gasteiger partial charge in [-0.05, 0) is 30.9 Å². The van der Waals surface area contributed by atoms with Crippen LogP contribution in [0.1, 0.15) is 37.8 Å². The zero-order chi connectivity index (χ0) is 19.8. The molecular weight excluding hydrogens is 346 g/mol. The monoisotopic (exact) mass is 375 g/mol. The van der Waals surface area contributed by atoms with E-state index in [1.807, 2.05) is 32.0 Å². The number of ether oxygens (including phenoxy) is 1. The Balaban J connectivity index is 2.04. The molecule has 2 rings (SSSR count). The molecule has 0 aliphatic carbocycles. The molecule has 1 saturated heterocycles. The van der Waals surface area contributed by atoms with Crippen LogP contribution >= 0.6 is 0 Å². The van der Waals surface area contributed by atoms with E-state index in [0.29, 0.717) is 26.1 Å².